The largest absolute Gasteiger partial charge is 0.333 e. The first-order valence-corrected chi connectivity index (χ1v) is 6.32. The van der Waals surface area contributed by atoms with Gasteiger partial charge in [-0.2, -0.15) is 13.9 Å². The second kappa shape index (κ2) is 6.09. The number of nitrogens with one attached hydrogen (secondary N) is 1. The average molecular weight is 283 g/mol. The number of aromatic nitrogens is 2. The highest BCUT2D eigenvalue weighted by Crippen LogP contribution is 2.25. The van der Waals surface area contributed by atoms with Gasteiger partial charge in [-0.25, -0.2) is 9.07 Å². The fourth-order valence-electron chi connectivity index (χ4n) is 1.81. The number of benzene rings is 1. The predicted octanol–water partition coefficient (Wildman–Crippen LogP) is 3.58. The second-order valence-electron chi connectivity index (χ2n) is 4.84. The van der Waals surface area contributed by atoms with Crippen molar-refractivity contribution in [3.05, 3.63) is 42.0 Å². The standard InChI is InChI=1S/C14H16F3N3/c1-9(2)18-6-10-3-4-13(15)12(5-10)11-7-19-20(8-11)14(16)17/h3-5,7-9,14,18H,6H2,1-2H3. The molecule has 108 valence electrons. The molecule has 0 fully saturated rings. The van der Waals surface area contributed by atoms with Gasteiger partial charge in [-0.05, 0) is 17.7 Å². The molecule has 0 spiro atoms. The van der Waals surface area contributed by atoms with Gasteiger partial charge in [-0.3, -0.25) is 0 Å². The molecule has 0 aliphatic heterocycles. The number of hydrogen-bond acceptors (Lipinski definition) is 2. The van der Waals surface area contributed by atoms with Gasteiger partial charge < -0.3 is 5.32 Å². The monoisotopic (exact) mass is 283 g/mol. The molecule has 1 aromatic heterocycles. The zero-order valence-corrected chi connectivity index (χ0v) is 11.3. The maximum atomic E-state index is 13.8. The topological polar surface area (TPSA) is 29.9 Å². The minimum Gasteiger partial charge on any atom is -0.310 e. The van der Waals surface area contributed by atoms with E-state index in [1.165, 1.54) is 12.3 Å². The minimum atomic E-state index is -2.72. The van der Waals surface area contributed by atoms with Gasteiger partial charge in [0.1, 0.15) is 5.82 Å². The summed E-state index contributed by atoms with van der Waals surface area (Å²) in [6.45, 7) is 1.89. The Morgan fingerprint density at radius 1 is 1.30 bits per heavy atom. The Bertz CT molecular complexity index is 579. The van der Waals surface area contributed by atoms with Crippen LogP contribution in [-0.4, -0.2) is 15.8 Å². The first-order valence-electron chi connectivity index (χ1n) is 6.32. The van der Waals surface area contributed by atoms with Crippen molar-refractivity contribution in [1.29, 1.82) is 0 Å². The van der Waals surface area contributed by atoms with E-state index < -0.39 is 12.4 Å². The van der Waals surface area contributed by atoms with Crippen LogP contribution in [0.3, 0.4) is 0 Å². The third kappa shape index (κ3) is 3.39. The summed E-state index contributed by atoms with van der Waals surface area (Å²) in [4.78, 5) is 0. The smallest absolute Gasteiger partial charge is 0.310 e. The van der Waals surface area contributed by atoms with Gasteiger partial charge >= 0.3 is 6.55 Å². The molecule has 1 N–H and O–H groups in total. The van der Waals surface area contributed by atoms with Crippen LogP contribution in [0.5, 0.6) is 0 Å². The highest BCUT2D eigenvalue weighted by Gasteiger charge is 2.12. The highest BCUT2D eigenvalue weighted by molar-refractivity contribution is 5.63. The molecule has 2 rings (SSSR count). The Labute approximate surface area is 115 Å². The zero-order valence-electron chi connectivity index (χ0n) is 11.3. The summed E-state index contributed by atoms with van der Waals surface area (Å²) in [5, 5.41) is 6.74. The van der Waals surface area contributed by atoms with E-state index in [0.717, 1.165) is 11.8 Å². The van der Waals surface area contributed by atoms with Crippen molar-refractivity contribution in [1.82, 2.24) is 15.1 Å². The molecular weight excluding hydrogens is 267 g/mol. The molecule has 2 aromatic rings. The van der Waals surface area contributed by atoms with Crippen LogP contribution < -0.4 is 5.32 Å². The molecule has 1 aromatic carbocycles. The van der Waals surface area contributed by atoms with E-state index in [1.54, 1.807) is 12.1 Å². The number of rotatable bonds is 5. The van der Waals surface area contributed by atoms with Crippen LogP contribution in [0.4, 0.5) is 13.2 Å². The van der Waals surface area contributed by atoms with Crippen molar-refractivity contribution in [3.8, 4) is 11.1 Å². The van der Waals surface area contributed by atoms with Gasteiger partial charge in [0.05, 0.1) is 6.20 Å². The quantitative estimate of drug-likeness (QED) is 0.909. The fraction of sp³-hybridized carbons (Fsp3) is 0.357. The van der Waals surface area contributed by atoms with E-state index in [0.29, 0.717) is 22.8 Å². The molecule has 1 heterocycles. The number of alkyl halides is 2. The molecule has 3 nitrogen and oxygen atoms in total. The molecule has 6 heteroatoms. The Hall–Kier alpha value is -1.82. The first kappa shape index (κ1) is 14.6. The van der Waals surface area contributed by atoms with Crippen molar-refractivity contribution >= 4 is 0 Å². The van der Waals surface area contributed by atoms with E-state index in [-0.39, 0.29) is 5.56 Å². The number of nitrogens with zero attached hydrogens (tertiary/aromatic N) is 2. The van der Waals surface area contributed by atoms with Crippen LogP contribution in [0.15, 0.2) is 30.6 Å². The van der Waals surface area contributed by atoms with Crippen LogP contribution in [-0.2, 0) is 6.54 Å². The molecule has 20 heavy (non-hydrogen) atoms. The summed E-state index contributed by atoms with van der Waals surface area (Å²) in [6, 6.07) is 4.97. The molecule has 0 aliphatic carbocycles. The summed E-state index contributed by atoms with van der Waals surface area (Å²) < 4.78 is 39.3. The molecule has 0 bridgehead atoms. The molecule has 0 radical (unpaired) electrons. The van der Waals surface area contributed by atoms with Crippen LogP contribution in [0.1, 0.15) is 26.0 Å². The summed E-state index contributed by atoms with van der Waals surface area (Å²) in [5.41, 5.74) is 1.51. The third-order valence-corrected chi connectivity index (χ3v) is 2.86. The molecule has 0 atom stereocenters. The molecular formula is C14H16F3N3. The van der Waals surface area contributed by atoms with Crippen molar-refractivity contribution in [3.63, 3.8) is 0 Å². The van der Waals surface area contributed by atoms with E-state index in [2.05, 4.69) is 10.4 Å². The Morgan fingerprint density at radius 3 is 2.65 bits per heavy atom. The molecule has 0 saturated heterocycles. The van der Waals surface area contributed by atoms with Gasteiger partial charge in [0.25, 0.3) is 0 Å². The Balaban J connectivity index is 2.27. The Morgan fingerprint density at radius 2 is 2.05 bits per heavy atom. The van der Waals surface area contributed by atoms with Gasteiger partial charge in [-0.1, -0.05) is 19.9 Å². The number of hydrogen-bond donors (Lipinski definition) is 1. The van der Waals surface area contributed by atoms with E-state index in [1.807, 2.05) is 13.8 Å². The van der Waals surface area contributed by atoms with E-state index >= 15 is 0 Å². The first-order chi connectivity index (χ1) is 9.47. The zero-order chi connectivity index (χ0) is 14.7. The lowest BCUT2D eigenvalue weighted by Crippen LogP contribution is -2.21. The Kier molecular flexibility index (Phi) is 4.44. The van der Waals surface area contributed by atoms with Gasteiger partial charge in [0.15, 0.2) is 0 Å². The van der Waals surface area contributed by atoms with Gasteiger partial charge in [0, 0.05) is 29.9 Å². The number of halogens is 3. The van der Waals surface area contributed by atoms with Crippen LogP contribution in [0.2, 0.25) is 0 Å². The van der Waals surface area contributed by atoms with Gasteiger partial charge in [0.2, 0.25) is 0 Å². The summed E-state index contributed by atoms with van der Waals surface area (Å²) in [6.07, 6.45) is 2.38. The summed E-state index contributed by atoms with van der Waals surface area (Å²) in [7, 11) is 0. The molecule has 0 amide bonds. The van der Waals surface area contributed by atoms with Gasteiger partial charge in [-0.15, -0.1) is 0 Å². The van der Waals surface area contributed by atoms with E-state index in [4.69, 9.17) is 0 Å². The highest BCUT2D eigenvalue weighted by atomic mass is 19.3. The average Bonchev–Trinajstić information content (AvgIpc) is 2.87. The lowest BCUT2D eigenvalue weighted by atomic mass is 10.1. The van der Waals surface area contributed by atoms with Crippen molar-refractivity contribution in [2.75, 3.05) is 0 Å². The van der Waals surface area contributed by atoms with Crippen molar-refractivity contribution in [2.45, 2.75) is 33.0 Å². The molecule has 0 aliphatic rings. The normalized spacial score (nSPS) is 11.6. The maximum absolute atomic E-state index is 13.8. The molecule has 0 unspecified atom stereocenters. The van der Waals surface area contributed by atoms with Crippen LogP contribution in [0, 0.1) is 5.82 Å². The van der Waals surface area contributed by atoms with Crippen LogP contribution in [0.25, 0.3) is 11.1 Å². The van der Waals surface area contributed by atoms with Crippen LogP contribution >= 0.6 is 0 Å². The third-order valence-electron chi connectivity index (χ3n) is 2.86. The lowest BCUT2D eigenvalue weighted by Gasteiger charge is -2.09. The minimum absolute atomic E-state index is 0.278. The lowest BCUT2D eigenvalue weighted by molar-refractivity contribution is 0.0566. The summed E-state index contributed by atoms with van der Waals surface area (Å²) in [5.74, 6) is -0.452. The molecule has 0 saturated carbocycles. The predicted molar refractivity (Wildman–Crippen MR) is 70.8 cm³/mol. The fourth-order valence-corrected chi connectivity index (χ4v) is 1.81. The maximum Gasteiger partial charge on any atom is 0.333 e. The summed E-state index contributed by atoms with van der Waals surface area (Å²) >= 11 is 0. The second-order valence-corrected chi connectivity index (χ2v) is 4.84. The van der Waals surface area contributed by atoms with Crippen molar-refractivity contribution < 1.29 is 13.2 Å². The van der Waals surface area contributed by atoms with Crippen molar-refractivity contribution in [2.24, 2.45) is 0 Å². The van der Waals surface area contributed by atoms with E-state index in [9.17, 15) is 13.2 Å². The SMILES string of the molecule is CC(C)NCc1ccc(F)c(-c2cnn(C(F)F)c2)c1.